The van der Waals surface area contributed by atoms with E-state index in [1.165, 1.54) is 19.1 Å². The van der Waals surface area contributed by atoms with Gasteiger partial charge in [-0.05, 0) is 43.7 Å². The Kier molecular flexibility index (Phi) is 4.49. The molecule has 0 unspecified atom stereocenters. The minimum absolute atomic E-state index is 0.132. The van der Waals surface area contributed by atoms with E-state index in [0.29, 0.717) is 5.82 Å². The highest BCUT2D eigenvalue weighted by atomic mass is 35.5. The standard InChI is InChI=1S/C17H13Cl2N3O3/c1-8-3-4-20-14(5-8)21-15(23)9(2)22-16(24)10-6-12(18)13(19)7-11(10)17(22)25/h3-7,9H,1-2H3,(H,20,21,23)/t9-/m0/s1. The van der Waals surface area contributed by atoms with E-state index in [2.05, 4.69) is 10.3 Å². The molecule has 0 spiro atoms. The maximum Gasteiger partial charge on any atom is 0.262 e. The molecule has 0 aliphatic carbocycles. The number of nitrogens with one attached hydrogen (secondary N) is 1. The first-order valence-corrected chi connectivity index (χ1v) is 8.15. The van der Waals surface area contributed by atoms with Crippen molar-refractivity contribution < 1.29 is 14.4 Å². The number of pyridine rings is 1. The number of carbonyl (C=O) groups is 3. The van der Waals surface area contributed by atoms with Crippen LogP contribution in [-0.2, 0) is 4.79 Å². The number of fused-ring (bicyclic) bond motifs is 1. The molecule has 0 bridgehead atoms. The lowest BCUT2D eigenvalue weighted by atomic mass is 10.1. The average Bonchev–Trinajstić information content (AvgIpc) is 2.78. The van der Waals surface area contributed by atoms with Gasteiger partial charge in [0.25, 0.3) is 11.8 Å². The fourth-order valence-corrected chi connectivity index (χ4v) is 2.88. The minimum Gasteiger partial charge on any atom is -0.309 e. The number of anilines is 1. The van der Waals surface area contributed by atoms with Crippen LogP contribution in [0.3, 0.4) is 0 Å². The van der Waals surface area contributed by atoms with Crippen LogP contribution in [0.15, 0.2) is 30.5 Å². The predicted molar refractivity (Wildman–Crippen MR) is 94.0 cm³/mol. The van der Waals surface area contributed by atoms with Crippen LogP contribution in [0.4, 0.5) is 5.82 Å². The molecule has 128 valence electrons. The van der Waals surface area contributed by atoms with Gasteiger partial charge in [0.1, 0.15) is 11.9 Å². The number of hydrogen-bond acceptors (Lipinski definition) is 4. The van der Waals surface area contributed by atoms with Crippen molar-refractivity contribution in [2.24, 2.45) is 0 Å². The van der Waals surface area contributed by atoms with Gasteiger partial charge in [-0.2, -0.15) is 0 Å². The molecule has 6 nitrogen and oxygen atoms in total. The van der Waals surface area contributed by atoms with Crippen molar-refractivity contribution in [2.45, 2.75) is 19.9 Å². The number of carbonyl (C=O) groups excluding carboxylic acids is 3. The van der Waals surface area contributed by atoms with Crippen LogP contribution < -0.4 is 5.32 Å². The van der Waals surface area contributed by atoms with Crippen LogP contribution in [0.2, 0.25) is 10.0 Å². The van der Waals surface area contributed by atoms with Gasteiger partial charge < -0.3 is 5.32 Å². The van der Waals surface area contributed by atoms with Crippen LogP contribution in [-0.4, -0.2) is 33.6 Å². The number of rotatable bonds is 3. The van der Waals surface area contributed by atoms with Gasteiger partial charge in [0.05, 0.1) is 21.2 Å². The van der Waals surface area contributed by atoms with Crippen molar-refractivity contribution in [1.29, 1.82) is 0 Å². The molecular formula is C17H13Cl2N3O3. The third kappa shape index (κ3) is 3.10. The van der Waals surface area contributed by atoms with Crippen LogP contribution in [0, 0.1) is 6.92 Å². The quantitative estimate of drug-likeness (QED) is 0.831. The van der Waals surface area contributed by atoms with Crippen molar-refractivity contribution >= 4 is 46.7 Å². The van der Waals surface area contributed by atoms with Crippen molar-refractivity contribution in [3.8, 4) is 0 Å². The molecule has 2 heterocycles. The fraction of sp³-hybridized carbons (Fsp3) is 0.176. The summed E-state index contributed by atoms with van der Waals surface area (Å²) in [5, 5.41) is 2.94. The second-order valence-corrected chi connectivity index (χ2v) is 6.49. The van der Waals surface area contributed by atoms with Crippen LogP contribution in [0.5, 0.6) is 0 Å². The molecule has 1 atom stereocenters. The summed E-state index contributed by atoms with van der Waals surface area (Å²) in [6, 6.07) is 5.13. The summed E-state index contributed by atoms with van der Waals surface area (Å²) >= 11 is 11.8. The molecule has 1 N–H and O–H groups in total. The lowest BCUT2D eigenvalue weighted by Crippen LogP contribution is -2.45. The van der Waals surface area contributed by atoms with E-state index in [1.807, 2.05) is 6.92 Å². The Balaban J connectivity index is 1.85. The number of benzene rings is 1. The van der Waals surface area contributed by atoms with Crippen molar-refractivity contribution in [3.63, 3.8) is 0 Å². The first kappa shape index (κ1) is 17.4. The molecule has 0 saturated heterocycles. The van der Waals surface area contributed by atoms with Gasteiger partial charge in [-0.15, -0.1) is 0 Å². The van der Waals surface area contributed by atoms with E-state index in [1.54, 1.807) is 18.3 Å². The predicted octanol–water partition coefficient (Wildman–Crippen LogP) is 3.32. The van der Waals surface area contributed by atoms with Gasteiger partial charge in [-0.25, -0.2) is 4.98 Å². The fourth-order valence-electron chi connectivity index (χ4n) is 2.56. The maximum atomic E-state index is 12.5. The van der Waals surface area contributed by atoms with Crippen molar-refractivity contribution in [3.05, 3.63) is 57.2 Å². The molecule has 1 aliphatic heterocycles. The van der Waals surface area contributed by atoms with Gasteiger partial charge in [0.2, 0.25) is 5.91 Å². The molecule has 0 radical (unpaired) electrons. The molecule has 2 aromatic rings. The average molecular weight is 378 g/mol. The Hall–Kier alpha value is -2.44. The SMILES string of the molecule is Cc1ccnc(NC(=O)[C@H](C)N2C(=O)c3cc(Cl)c(Cl)cc3C2=O)c1. The first-order valence-electron chi connectivity index (χ1n) is 7.40. The molecule has 1 aromatic heterocycles. The van der Waals surface area contributed by atoms with Crippen molar-refractivity contribution in [2.75, 3.05) is 5.32 Å². The number of amides is 3. The monoisotopic (exact) mass is 377 g/mol. The summed E-state index contributed by atoms with van der Waals surface area (Å²) in [5.74, 6) is -1.35. The third-order valence-electron chi connectivity index (χ3n) is 3.89. The molecule has 8 heteroatoms. The van der Waals surface area contributed by atoms with Crippen LogP contribution in [0.1, 0.15) is 33.2 Å². The van der Waals surface area contributed by atoms with Crippen LogP contribution >= 0.6 is 23.2 Å². The number of imide groups is 1. The van der Waals surface area contributed by atoms with E-state index < -0.39 is 23.8 Å². The Morgan fingerprint density at radius 3 is 2.20 bits per heavy atom. The van der Waals surface area contributed by atoms with Crippen molar-refractivity contribution in [1.82, 2.24) is 9.88 Å². The van der Waals surface area contributed by atoms with E-state index >= 15 is 0 Å². The number of hydrogen-bond donors (Lipinski definition) is 1. The summed E-state index contributed by atoms with van der Waals surface area (Å²) in [5.41, 5.74) is 1.18. The normalized spacial score (nSPS) is 14.5. The van der Waals surface area contributed by atoms with Gasteiger partial charge >= 0.3 is 0 Å². The largest absolute Gasteiger partial charge is 0.309 e. The Morgan fingerprint density at radius 2 is 1.68 bits per heavy atom. The van der Waals surface area contributed by atoms with E-state index in [4.69, 9.17) is 23.2 Å². The summed E-state index contributed by atoms with van der Waals surface area (Å²) < 4.78 is 0. The molecule has 1 aliphatic rings. The topological polar surface area (TPSA) is 79.4 Å². The molecule has 3 rings (SSSR count). The Bertz CT molecular complexity index is 873. The summed E-state index contributed by atoms with van der Waals surface area (Å²) in [6.45, 7) is 3.33. The zero-order valence-corrected chi connectivity index (χ0v) is 14.9. The summed E-state index contributed by atoms with van der Waals surface area (Å²) in [4.78, 5) is 42.4. The molecule has 25 heavy (non-hydrogen) atoms. The number of aryl methyl sites for hydroxylation is 1. The highest BCUT2D eigenvalue weighted by molar-refractivity contribution is 6.43. The second-order valence-electron chi connectivity index (χ2n) is 5.68. The van der Waals surface area contributed by atoms with Gasteiger partial charge in [0, 0.05) is 6.20 Å². The van der Waals surface area contributed by atoms with Gasteiger partial charge in [-0.1, -0.05) is 23.2 Å². The summed E-state index contributed by atoms with van der Waals surface area (Å²) in [6.07, 6.45) is 1.56. The number of aromatic nitrogens is 1. The number of halogens is 2. The van der Waals surface area contributed by atoms with E-state index in [0.717, 1.165) is 10.5 Å². The van der Waals surface area contributed by atoms with Crippen LogP contribution in [0.25, 0.3) is 0 Å². The molecule has 1 aromatic carbocycles. The van der Waals surface area contributed by atoms with E-state index in [-0.39, 0.29) is 21.2 Å². The highest BCUT2D eigenvalue weighted by Crippen LogP contribution is 2.32. The highest BCUT2D eigenvalue weighted by Gasteiger charge is 2.41. The smallest absolute Gasteiger partial charge is 0.262 e. The van der Waals surface area contributed by atoms with Gasteiger partial charge in [-0.3, -0.25) is 19.3 Å². The second kappa shape index (κ2) is 6.46. The minimum atomic E-state index is -1.02. The molecule has 3 amide bonds. The molecular weight excluding hydrogens is 365 g/mol. The molecule has 0 fully saturated rings. The first-order chi connectivity index (χ1) is 11.8. The summed E-state index contributed by atoms with van der Waals surface area (Å²) in [7, 11) is 0. The van der Waals surface area contributed by atoms with Gasteiger partial charge in [0.15, 0.2) is 0 Å². The Labute approximate surface area is 153 Å². The van der Waals surface area contributed by atoms with E-state index in [9.17, 15) is 14.4 Å². The maximum absolute atomic E-state index is 12.5. The lowest BCUT2D eigenvalue weighted by Gasteiger charge is -2.21. The lowest BCUT2D eigenvalue weighted by molar-refractivity contribution is -0.119. The third-order valence-corrected chi connectivity index (χ3v) is 4.61. The Morgan fingerprint density at radius 1 is 1.12 bits per heavy atom. The molecule has 0 saturated carbocycles. The zero-order chi connectivity index (χ0) is 18.3. The zero-order valence-electron chi connectivity index (χ0n) is 13.3. The number of nitrogens with zero attached hydrogens (tertiary/aromatic N) is 2.